The minimum atomic E-state index is 0.410. The van der Waals surface area contributed by atoms with Crippen LogP contribution in [-0.4, -0.2) is 49.3 Å². The van der Waals surface area contributed by atoms with Gasteiger partial charge in [-0.2, -0.15) is 0 Å². The number of methoxy groups -OCH3 is 1. The molecule has 0 saturated heterocycles. The van der Waals surface area contributed by atoms with Crippen LogP contribution in [0.2, 0.25) is 0 Å². The van der Waals surface area contributed by atoms with E-state index < -0.39 is 0 Å². The lowest BCUT2D eigenvalue weighted by molar-refractivity contribution is 0.0881. The van der Waals surface area contributed by atoms with Crippen LogP contribution in [0.25, 0.3) is 0 Å². The molecule has 0 saturated carbocycles. The summed E-state index contributed by atoms with van der Waals surface area (Å²) in [7, 11) is 1.76. The van der Waals surface area contributed by atoms with E-state index in [9.17, 15) is 0 Å². The molecule has 1 aromatic rings. The van der Waals surface area contributed by atoms with Crippen LogP contribution in [0.5, 0.6) is 0 Å². The average Bonchev–Trinajstić information content (AvgIpc) is 2.42. The summed E-state index contributed by atoms with van der Waals surface area (Å²) in [5.74, 6) is 0. The van der Waals surface area contributed by atoms with Gasteiger partial charge in [-0.3, -0.25) is 9.88 Å². The molecule has 1 atom stereocenters. The highest BCUT2D eigenvalue weighted by Crippen LogP contribution is 2.07. The third-order valence-corrected chi connectivity index (χ3v) is 3.05. The minimum absolute atomic E-state index is 0.410. The fourth-order valence-electron chi connectivity index (χ4n) is 2.02. The van der Waals surface area contributed by atoms with Crippen molar-refractivity contribution >= 4 is 0 Å². The molecular formula is C14H25N3O. The van der Waals surface area contributed by atoms with E-state index in [0.29, 0.717) is 6.04 Å². The summed E-state index contributed by atoms with van der Waals surface area (Å²) in [5, 5.41) is 3.40. The molecule has 1 aromatic heterocycles. The number of rotatable bonds is 9. The van der Waals surface area contributed by atoms with E-state index in [1.54, 1.807) is 7.11 Å². The largest absolute Gasteiger partial charge is 0.383 e. The molecule has 0 aromatic carbocycles. The molecular weight excluding hydrogens is 226 g/mol. The minimum Gasteiger partial charge on any atom is -0.383 e. The molecule has 0 fully saturated rings. The Balaban J connectivity index is 2.60. The van der Waals surface area contributed by atoms with Crippen LogP contribution < -0.4 is 5.32 Å². The Hall–Kier alpha value is -0.970. The van der Waals surface area contributed by atoms with Crippen LogP contribution in [0, 0.1) is 0 Å². The summed E-state index contributed by atoms with van der Waals surface area (Å²) in [4.78, 5) is 6.49. The maximum absolute atomic E-state index is 5.33. The zero-order chi connectivity index (χ0) is 13.2. The van der Waals surface area contributed by atoms with Gasteiger partial charge in [0.1, 0.15) is 0 Å². The van der Waals surface area contributed by atoms with E-state index in [-0.39, 0.29) is 0 Å². The molecule has 18 heavy (non-hydrogen) atoms. The van der Waals surface area contributed by atoms with Gasteiger partial charge in [0.05, 0.1) is 6.61 Å². The molecule has 0 spiro atoms. The molecule has 1 rings (SSSR count). The van der Waals surface area contributed by atoms with Crippen molar-refractivity contribution in [2.24, 2.45) is 0 Å². The predicted molar refractivity (Wildman–Crippen MR) is 74.5 cm³/mol. The van der Waals surface area contributed by atoms with Crippen molar-refractivity contribution in [1.82, 2.24) is 15.2 Å². The highest BCUT2D eigenvalue weighted by atomic mass is 16.5. The third kappa shape index (κ3) is 5.12. The van der Waals surface area contributed by atoms with Crippen molar-refractivity contribution in [3.63, 3.8) is 0 Å². The quantitative estimate of drug-likeness (QED) is 0.722. The summed E-state index contributed by atoms with van der Waals surface area (Å²) in [6.45, 7) is 8.99. The van der Waals surface area contributed by atoms with E-state index in [1.807, 2.05) is 12.4 Å². The topological polar surface area (TPSA) is 37.4 Å². The third-order valence-electron chi connectivity index (χ3n) is 3.05. The Kier molecular flexibility index (Phi) is 7.57. The van der Waals surface area contributed by atoms with Crippen molar-refractivity contribution in [1.29, 1.82) is 0 Å². The Labute approximate surface area is 110 Å². The summed E-state index contributed by atoms with van der Waals surface area (Å²) in [5.41, 5.74) is 1.30. The van der Waals surface area contributed by atoms with E-state index in [0.717, 1.165) is 32.8 Å². The number of likely N-dealkylation sites (N-methyl/N-ethyl adjacent to an activating group) is 2. The molecule has 0 aliphatic carbocycles. The number of hydrogen-bond acceptors (Lipinski definition) is 4. The fourth-order valence-corrected chi connectivity index (χ4v) is 2.02. The highest BCUT2D eigenvalue weighted by molar-refractivity contribution is 5.09. The second-order valence-corrected chi connectivity index (χ2v) is 4.34. The number of ether oxygens (including phenoxy) is 1. The molecule has 1 N–H and O–H groups in total. The Morgan fingerprint density at radius 3 is 2.61 bits per heavy atom. The van der Waals surface area contributed by atoms with Gasteiger partial charge in [0.25, 0.3) is 0 Å². The predicted octanol–water partition coefficient (Wildman–Crippen LogP) is 1.53. The van der Waals surface area contributed by atoms with E-state index >= 15 is 0 Å². The van der Waals surface area contributed by atoms with Crippen molar-refractivity contribution in [3.05, 3.63) is 30.1 Å². The van der Waals surface area contributed by atoms with Crippen LogP contribution in [-0.2, 0) is 11.3 Å². The monoisotopic (exact) mass is 251 g/mol. The molecule has 0 aliphatic rings. The SMILES string of the molecule is CCNCC(COC)N(CC)Cc1ccncc1. The van der Waals surface area contributed by atoms with Gasteiger partial charge >= 0.3 is 0 Å². The van der Waals surface area contributed by atoms with Gasteiger partial charge in [-0.15, -0.1) is 0 Å². The van der Waals surface area contributed by atoms with Gasteiger partial charge in [-0.05, 0) is 30.8 Å². The molecule has 0 aliphatic heterocycles. The smallest absolute Gasteiger partial charge is 0.0630 e. The van der Waals surface area contributed by atoms with Gasteiger partial charge in [0.15, 0.2) is 0 Å². The average molecular weight is 251 g/mol. The fraction of sp³-hybridized carbons (Fsp3) is 0.643. The molecule has 0 amide bonds. The van der Waals surface area contributed by atoms with Gasteiger partial charge in [0.2, 0.25) is 0 Å². The van der Waals surface area contributed by atoms with Crippen LogP contribution in [0.1, 0.15) is 19.4 Å². The van der Waals surface area contributed by atoms with Crippen LogP contribution in [0.4, 0.5) is 0 Å². The van der Waals surface area contributed by atoms with Crippen molar-refractivity contribution in [2.75, 3.05) is 33.4 Å². The summed E-state index contributed by atoms with van der Waals surface area (Å²) in [6.07, 6.45) is 3.69. The van der Waals surface area contributed by atoms with Crippen molar-refractivity contribution in [2.45, 2.75) is 26.4 Å². The van der Waals surface area contributed by atoms with Crippen LogP contribution in [0.15, 0.2) is 24.5 Å². The molecule has 1 heterocycles. The number of aromatic nitrogens is 1. The Bertz CT molecular complexity index is 305. The van der Waals surface area contributed by atoms with Crippen molar-refractivity contribution in [3.8, 4) is 0 Å². The lowest BCUT2D eigenvalue weighted by Gasteiger charge is -2.30. The summed E-state index contributed by atoms with van der Waals surface area (Å²) < 4.78 is 5.33. The van der Waals surface area contributed by atoms with Gasteiger partial charge in [-0.1, -0.05) is 13.8 Å². The second-order valence-electron chi connectivity index (χ2n) is 4.34. The van der Waals surface area contributed by atoms with Crippen molar-refractivity contribution < 1.29 is 4.74 Å². The van der Waals surface area contributed by atoms with Crippen LogP contribution >= 0.6 is 0 Å². The molecule has 4 nitrogen and oxygen atoms in total. The maximum Gasteiger partial charge on any atom is 0.0630 e. The zero-order valence-corrected chi connectivity index (χ0v) is 11.7. The first-order valence-corrected chi connectivity index (χ1v) is 6.64. The van der Waals surface area contributed by atoms with E-state index in [2.05, 4.69) is 41.2 Å². The van der Waals surface area contributed by atoms with Gasteiger partial charge in [0, 0.05) is 38.6 Å². The number of pyridine rings is 1. The molecule has 0 radical (unpaired) electrons. The number of nitrogens with zero attached hydrogens (tertiary/aromatic N) is 2. The van der Waals surface area contributed by atoms with E-state index in [4.69, 9.17) is 4.74 Å². The first kappa shape index (κ1) is 15.1. The van der Waals surface area contributed by atoms with Gasteiger partial charge in [-0.25, -0.2) is 0 Å². The standard InChI is InChI=1S/C14H25N3O/c1-4-15-10-14(12-18-3)17(5-2)11-13-6-8-16-9-7-13/h6-9,14-15H,4-5,10-12H2,1-3H3. The highest BCUT2D eigenvalue weighted by Gasteiger charge is 2.16. The summed E-state index contributed by atoms with van der Waals surface area (Å²) in [6, 6.07) is 4.55. The second kappa shape index (κ2) is 9.03. The molecule has 1 unspecified atom stereocenters. The number of nitrogens with one attached hydrogen (secondary N) is 1. The zero-order valence-electron chi connectivity index (χ0n) is 11.7. The Morgan fingerprint density at radius 2 is 2.06 bits per heavy atom. The first-order chi connectivity index (χ1) is 8.81. The van der Waals surface area contributed by atoms with Gasteiger partial charge < -0.3 is 10.1 Å². The maximum atomic E-state index is 5.33. The van der Waals surface area contributed by atoms with Crippen LogP contribution in [0.3, 0.4) is 0 Å². The molecule has 0 bridgehead atoms. The Morgan fingerprint density at radius 1 is 1.33 bits per heavy atom. The normalized spacial score (nSPS) is 12.9. The molecule has 102 valence electrons. The lowest BCUT2D eigenvalue weighted by atomic mass is 10.2. The molecule has 4 heteroatoms. The number of hydrogen-bond donors (Lipinski definition) is 1. The first-order valence-electron chi connectivity index (χ1n) is 6.64. The van der Waals surface area contributed by atoms with E-state index in [1.165, 1.54) is 5.56 Å². The lowest BCUT2D eigenvalue weighted by Crippen LogP contribution is -2.44. The summed E-state index contributed by atoms with van der Waals surface area (Å²) >= 11 is 0.